The fraction of sp³-hybridized carbons (Fsp3) is 0.500. The SMILES string of the molecule is CNC(=O)COc1cccc(NC(C)C(C)OC)c1. The maximum atomic E-state index is 11.1. The first-order valence-electron chi connectivity index (χ1n) is 6.29. The molecule has 106 valence electrons. The molecule has 0 saturated carbocycles. The first-order valence-corrected chi connectivity index (χ1v) is 6.29. The Hall–Kier alpha value is -1.75. The Kier molecular flexibility index (Phi) is 6.15. The van der Waals surface area contributed by atoms with Crippen molar-refractivity contribution in [2.24, 2.45) is 0 Å². The normalized spacial score (nSPS) is 13.5. The van der Waals surface area contributed by atoms with Crippen molar-refractivity contribution in [3.8, 4) is 5.75 Å². The fourth-order valence-electron chi connectivity index (χ4n) is 1.48. The van der Waals surface area contributed by atoms with Crippen LogP contribution in [0, 0.1) is 0 Å². The zero-order valence-corrected chi connectivity index (χ0v) is 11.9. The van der Waals surface area contributed by atoms with E-state index in [1.165, 1.54) is 0 Å². The Morgan fingerprint density at radius 1 is 1.37 bits per heavy atom. The fourth-order valence-corrected chi connectivity index (χ4v) is 1.48. The average molecular weight is 266 g/mol. The summed E-state index contributed by atoms with van der Waals surface area (Å²) in [6.07, 6.45) is 0.107. The lowest BCUT2D eigenvalue weighted by molar-refractivity contribution is -0.122. The van der Waals surface area contributed by atoms with Crippen molar-refractivity contribution in [3.05, 3.63) is 24.3 Å². The third kappa shape index (κ3) is 5.18. The molecule has 0 aliphatic rings. The third-order valence-electron chi connectivity index (χ3n) is 2.95. The topological polar surface area (TPSA) is 59.6 Å². The van der Waals surface area contributed by atoms with E-state index in [1.807, 2.05) is 38.1 Å². The molecule has 1 rings (SSSR count). The highest BCUT2D eigenvalue weighted by Gasteiger charge is 2.10. The quantitative estimate of drug-likeness (QED) is 0.788. The lowest BCUT2D eigenvalue weighted by Gasteiger charge is -2.21. The van der Waals surface area contributed by atoms with Gasteiger partial charge in [0.15, 0.2) is 6.61 Å². The molecule has 5 nitrogen and oxygen atoms in total. The smallest absolute Gasteiger partial charge is 0.257 e. The minimum atomic E-state index is -0.153. The molecule has 0 aliphatic heterocycles. The van der Waals surface area contributed by atoms with Crippen LogP contribution in [-0.2, 0) is 9.53 Å². The lowest BCUT2D eigenvalue weighted by atomic mass is 10.2. The van der Waals surface area contributed by atoms with Gasteiger partial charge in [0.05, 0.1) is 6.10 Å². The Bertz CT molecular complexity index is 409. The molecular weight excluding hydrogens is 244 g/mol. The molecule has 1 aromatic carbocycles. The van der Waals surface area contributed by atoms with Gasteiger partial charge in [0, 0.05) is 32.0 Å². The second-order valence-corrected chi connectivity index (χ2v) is 4.36. The van der Waals surface area contributed by atoms with Crippen molar-refractivity contribution in [2.75, 3.05) is 26.1 Å². The molecule has 0 bridgehead atoms. The van der Waals surface area contributed by atoms with E-state index < -0.39 is 0 Å². The van der Waals surface area contributed by atoms with Crippen LogP contribution in [0.15, 0.2) is 24.3 Å². The first kappa shape index (κ1) is 15.3. The van der Waals surface area contributed by atoms with Crippen molar-refractivity contribution in [2.45, 2.75) is 26.0 Å². The summed E-state index contributed by atoms with van der Waals surface area (Å²) in [4.78, 5) is 11.1. The number of nitrogens with one attached hydrogen (secondary N) is 2. The summed E-state index contributed by atoms with van der Waals surface area (Å²) in [7, 11) is 3.27. The monoisotopic (exact) mass is 266 g/mol. The summed E-state index contributed by atoms with van der Waals surface area (Å²) >= 11 is 0. The number of hydrogen-bond acceptors (Lipinski definition) is 4. The van der Waals surface area contributed by atoms with Crippen molar-refractivity contribution in [1.82, 2.24) is 5.32 Å². The van der Waals surface area contributed by atoms with Gasteiger partial charge in [-0.2, -0.15) is 0 Å². The number of rotatable bonds is 7. The highest BCUT2D eigenvalue weighted by molar-refractivity contribution is 5.77. The van der Waals surface area contributed by atoms with E-state index in [0.717, 1.165) is 5.69 Å². The van der Waals surface area contributed by atoms with Crippen LogP contribution in [-0.4, -0.2) is 38.8 Å². The van der Waals surface area contributed by atoms with Crippen LogP contribution in [0.5, 0.6) is 5.75 Å². The van der Waals surface area contributed by atoms with Crippen LogP contribution >= 0.6 is 0 Å². The second kappa shape index (κ2) is 7.63. The molecule has 5 heteroatoms. The number of anilines is 1. The summed E-state index contributed by atoms with van der Waals surface area (Å²) in [6.45, 7) is 4.07. The highest BCUT2D eigenvalue weighted by atomic mass is 16.5. The number of hydrogen-bond donors (Lipinski definition) is 2. The van der Waals surface area contributed by atoms with Gasteiger partial charge < -0.3 is 20.1 Å². The Balaban J connectivity index is 2.59. The summed E-state index contributed by atoms with van der Waals surface area (Å²) in [5.41, 5.74) is 0.936. The highest BCUT2D eigenvalue weighted by Crippen LogP contribution is 2.18. The van der Waals surface area contributed by atoms with Crippen LogP contribution < -0.4 is 15.4 Å². The van der Waals surface area contributed by atoms with Gasteiger partial charge in [-0.05, 0) is 26.0 Å². The molecule has 0 aromatic heterocycles. The van der Waals surface area contributed by atoms with E-state index in [9.17, 15) is 4.79 Å². The van der Waals surface area contributed by atoms with Gasteiger partial charge in [-0.3, -0.25) is 4.79 Å². The Morgan fingerprint density at radius 3 is 2.74 bits per heavy atom. The van der Waals surface area contributed by atoms with Gasteiger partial charge in [-0.1, -0.05) is 6.07 Å². The molecular formula is C14H22N2O3. The first-order chi connectivity index (χ1) is 9.06. The number of amides is 1. The molecule has 0 fully saturated rings. The van der Waals surface area contributed by atoms with Gasteiger partial charge in [0.2, 0.25) is 0 Å². The number of carbonyl (C=O) groups is 1. The van der Waals surface area contributed by atoms with Crippen LogP contribution in [0.2, 0.25) is 0 Å². The molecule has 1 amide bonds. The molecule has 0 saturated heterocycles. The van der Waals surface area contributed by atoms with Gasteiger partial charge in [-0.15, -0.1) is 0 Å². The zero-order valence-electron chi connectivity index (χ0n) is 11.9. The van der Waals surface area contributed by atoms with Gasteiger partial charge in [-0.25, -0.2) is 0 Å². The number of ether oxygens (including phenoxy) is 2. The molecule has 2 atom stereocenters. The van der Waals surface area contributed by atoms with E-state index in [0.29, 0.717) is 5.75 Å². The van der Waals surface area contributed by atoms with Crippen molar-refractivity contribution in [1.29, 1.82) is 0 Å². The maximum Gasteiger partial charge on any atom is 0.257 e. The maximum absolute atomic E-state index is 11.1. The minimum Gasteiger partial charge on any atom is -0.484 e. The number of carbonyl (C=O) groups excluding carboxylic acids is 1. The second-order valence-electron chi connectivity index (χ2n) is 4.36. The van der Waals surface area contributed by atoms with Crippen molar-refractivity contribution in [3.63, 3.8) is 0 Å². The van der Waals surface area contributed by atoms with Gasteiger partial charge in [0.25, 0.3) is 5.91 Å². The van der Waals surface area contributed by atoms with Crippen LogP contribution in [0.3, 0.4) is 0 Å². The standard InChI is InChI=1S/C14H22N2O3/c1-10(11(2)18-4)16-12-6-5-7-13(8-12)19-9-14(17)15-3/h5-8,10-11,16H,9H2,1-4H3,(H,15,17). The number of benzene rings is 1. The molecule has 1 aromatic rings. The Labute approximate surface area is 114 Å². The molecule has 0 spiro atoms. The summed E-state index contributed by atoms with van der Waals surface area (Å²) in [5.74, 6) is 0.505. The van der Waals surface area contributed by atoms with E-state index >= 15 is 0 Å². The van der Waals surface area contributed by atoms with Gasteiger partial charge in [0.1, 0.15) is 5.75 Å². The predicted molar refractivity (Wildman–Crippen MR) is 75.6 cm³/mol. The predicted octanol–water partition coefficient (Wildman–Crippen LogP) is 1.65. The van der Waals surface area contributed by atoms with Gasteiger partial charge >= 0.3 is 0 Å². The van der Waals surface area contributed by atoms with E-state index in [-0.39, 0.29) is 24.7 Å². The minimum absolute atomic E-state index is 0.0178. The molecule has 0 radical (unpaired) electrons. The molecule has 0 heterocycles. The summed E-state index contributed by atoms with van der Waals surface area (Å²) in [6, 6.07) is 7.69. The molecule has 0 aliphatic carbocycles. The van der Waals surface area contributed by atoms with E-state index in [2.05, 4.69) is 10.6 Å². The molecule has 19 heavy (non-hydrogen) atoms. The summed E-state index contributed by atoms with van der Waals surface area (Å²) < 4.78 is 10.6. The van der Waals surface area contributed by atoms with E-state index in [1.54, 1.807) is 14.2 Å². The van der Waals surface area contributed by atoms with Crippen molar-refractivity contribution < 1.29 is 14.3 Å². The van der Waals surface area contributed by atoms with Crippen molar-refractivity contribution >= 4 is 11.6 Å². The van der Waals surface area contributed by atoms with Crippen LogP contribution in [0.25, 0.3) is 0 Å². The molecule has 2 unspecified atom stereocenters. The number of likely N-dealkylation sites (N-methyl/N-ethyl adjacent to an activating group) is 1. The lowest BCUT2D eigenvalue weighted by Crippen LogP contribution is -2.29. The Morgan fingerprint density at radius 2 is 2.11 bits per heavy atom. The zero-order chi connectivity index (χ0) is 14.3. The third-order valence-corrected chi connectivity index (χ3v) is 2.95. The largest absolute Gasteiger partial charge is 0.484 e. The van der Waals surface area contributed by atoms with Crippen LogP contribution in [0.1, 0.15) is 13.8 Å². The molecule has 2 N–H and O–H groups in total. The summed E-state index contributed by atoms with van der Waals surface area (Å²) in [5, 5.41) is 5.84. The van der Waals surface area contributed by atoms with Crippen LogP contribution in [0.4, 0.5) is 5.69 Å². The number of methoxy groups -OCH3 is 1. The van der Waals surface area contributed by atoms with E-state index in [4.69, 9.17) is 9.47 Å². The average Bonchev–Trinajstić information content (AvgIpc) is 2.44.